The molecule has 0 spiro atoms. The van der Waals surface area contributed by atoms with Crippen molar-refractivity contribution < 1.29 is 14.3 Å². The van der Waals surface area contributed by atoms with Crippen molar-refractivity contribution in [2.24, 2.45) is 0 Å². The monoisotopic (exact) mass is 217 g/mol. The van der Waals surface area contributed by atoms with Gasteiger partial charge in [-0.05, 0) is 18.2 Å². The van der Waals surface area contributed by atoms with E-state index in [2.05, 4.69) is 5.32 Å². The fraction of sp³-hybridized carbons (Fsp3) is 0.222. The first kappa shape index (κ1) is 10.8. The van der Waals surface area contributed by atoms with Crippen LogP contribution in [0.1, 0.15) is 6.42 Å². The topological polar surface area (TPSA) is 49.3 Å². The van der Waals surface area contributed by atoms with Crippen LogP contribution in [0.2, 0.25) is 5.02 Å². The van der Waals surface area contributed by atoms with Crippen molar-refractivity contribution in [2.75, 3.05) is 11.9 Å². The van der Waals surface area contributed by atoms with E-state index in [-0.39, 0.29) is 18.0 Å². The standard InChI is InChI=1S/C9H9ClFNO2/c10-7-5-6(11)1-2-8(7)12-4-3-9(13)14/h1-2,5,12H,3-4H2,(H,13,14). The summed E-state index contributed by atoms with van der Waals surface area (Å²) in [5, 5.41) is 11.4. The highest BCUT2D eigenvalue weighted by Crippen LogP contribution is 2.21. The van der Waals surface area contributed by atoms with Crippen molar-refractivity contribution in [1.29, 1.82) is 0 Å². The Hall–Kier alpha value is -1.29. The van der Waals surface area contributed by atoms with Crippen LogP contribution < -0.4 is 5.32 Å². The first-order valence-corrected chi connectivity index (χ1v) is 4.38. The van der Waals surface area contributed by atoms with E-state index in [0.717, 1.165) is 0 Å². The van der Waals surface area contributed by atoms with Crippen LogP contribution in [-0.2, 0) is 4.79 Å². The number of halogens is 2. The van der Waals surface area contributed by atoms with E-state index in [9.17, 15) is 9.18 Å². The average Bonchev–Trinajstić information content (AvgIpc) is 2.08. The van der Waals surface area contributed by atoms with Gasteiger partial charge in [-0.25, -0.2) is 4.39 Å². The van der Waals surface area contributed by atoms with E-state index in [4.69, 9.17) is 16.7 Å². The maximum Gasteiger partial charge on any atom is 0.305 e. The van der Waals surface area contributed by atoms with E-state index in [1.165, 1.54) is 18.2 Å². The highest BCUT2D eigenvalue weighted by atomic mass is 35.5. The fourth-order valence-electron chi connectivity index (χ4n) is 0.937. The summed E-state index contributed by atoms with van der Waals surface area (Å²) in [5.41, 5.74) is 0.536. The highest BCUT2D eigenvalue weighted by molar-refractivity contribution is 6.33. The molecule has 0 heterocycles. The summed E-state index contributed by atoms with van der Waals surface area (Å²) in [5.74, 6) is -1.31. The summed E-state index contributed by atoms with van der Waals surface area (Å²) in [6, 6.07) is 3.90. The molecule has 0 aliphatic rings. The van der Waals surface area contributed by atoms with Gasteiger partial charge >= 0.3 is 5.97 Å². The number of anilines is 1. The normalized spacial score (nSPS) is 9.86. The number of nitrogens with one attached hydrogen (secondary N) is 1. The minimum absolute atomic E-state index is 0.00624. The van der Waals surface area contributed by atoms with E-state index in [1.54, 1.807) is 0 Å². The maximum absolute atomic E-state index is 12.6. The Morgan fingerprint density at radius 1 is 1.57 bits per heavy atom. The summed E-state index contributed by atoms with van der Waals surface area (Å²) in [6.45, 7) is 0.265. The molecule has 76 valence electrons. The number of benzene rings is 1. The van der Waals surface area contributed by atoms with Crippen molar-refractivity contribution in [3.8, 4) is 0 Å². The van der Waals surface area contributed by atoms with Crippen molar-refractivity contribution in [3.63, 3.8) is 0 Å². The SMILES string of the molecule is O=C(O)CCNc1ccc(F)cc1Cl. The molecule has 0 saturated carbocycles. The minimum Gasteiger partial charge on any atom is -0.481 e. The third-order valence-corrected chi connectivity index (χ3v) is 1.90. The zero-order valence-corrected chi connectivity index (χ0v) is 8.01. The number of hydrogen-bond donors (Lipinski definition) is 2. The van der Waals surface area contributed by atoms with Gasteiger partial charge in [-0.3, -0.25) is 4.79 Å². The summed E-state index contributed by atoms with van der Waals surface area (Å²) in [6.07, 6.45) is -0.00624. The maximum atomic E-state index is 12.6. The molecule has 1 aromatic carbocycles. The molecule has 0 aliphatic heterocycles. The van der Waals surface area contributed by atoms with Crippen LogP contribution in [0.4, 0.5) is 10.1 Å². The number of carboxylic acid groups (broad SMARTS) is 1. The van der Waals surface area contributed by atoms with Crippen molar-refractivity contribution in [1.82, 2.24) is 0 Å². The number of hydrogen-bond acceptors (Lipinski definition) is 2. The quantitative estimate of drug-likeness (QED) is 0.814. The van der Waals surface area contributed by atoms with Gasteiger partial charge in [0.1, 0.15) is 5.82 Å². The largest absolute Gasteiger partial charge is 0.481 e. The molecule has 14 heavy (non-hydrogen) atoms. The molecule has 1 aromatic rings. The first-order valence-electron chi connectivity index (χ1n) is 4.00. The average molecular weight is 218 g/mol. The molecule has 5 heteroatoms. The molecular formula is C9H9ClFNO2. The van der Waals surface area contributed by atoms with Gasteiger partial charge < -0.3 is 10.4 Å². The molecular weight excluding hydrogens is 209 g/mol. The highest BCUT2D eigenvalue weighted by Gasteiger charge is 2.02. The van der Waals surface area contributed by atoms with Crippen LogP contribution in [0.5, 0.6) is 0 Å². The van der Waals surface area contributed by atoms with E-state index in [0.29, 0.717) is 5.69 Å². The Bertz CT molecular complexity index is 344. The van der Waals surface area contributed by atoms with Gasteiger partial charge in [0.2, 0.25) is 0 Å². The fourth-order valence-corrected chi connectivity index (χ4v) is 1.17. The molecule has 0 bridgehead atoms. The zero-order valence-electron chi connectivity index (χ0n) is 7.26. The van der Waals surface area contributed by atoms with Crippen molar-refractivity contribution in [3.05, 3.63) is 29.0 Å². The Balaban J connectivity index is 2.55. The van der Waals surface area contributed by atoms with Crippen LogP contribution in [0.3, 0.4) is 0 Å². The summed E-state index contributed by atoms with van der Waals surface area (Å²) in [7, 11) is 0. The van der Waals surface area contributed by atoms with E-state index >= 15 is 0 Å². The number of rotatable bonds is 4. The van der Waals surface area contributed by atoms with Gasteiger partial charge in [0, 0.05) is 6.54 Å². The molecule has 0 atom stereocenters. The van der Waals surface area contributed by atoms with E-state index in [1.807, 2.05) is 0 Å². The Morgan fingerprint density at radius 3 is 2.86 bits per heavy atom. The van der Waals surface area contributed by atoms with Gasteiger partial charge in [-0.2, -0.15) is 0 Å². The lowest BCUT2D eigenvalue weighted by atomic mass is 10.3. The molecule has 3 nitrogen and oxygen atoms in total. The lowest BCUT2D eigenvalue weighted by Crippen LogP contribution is -2.07. The second kappa shape index (κ2) is 4.81. The van der Waals surface area contributed by atoms with Gasteiger partial charge in [0.15, 0.2) is 0 Å². The summed E-state index contributed by atoms with van der Waals surface area (Å²) < 4.78 is 12.6. The molecule has 1 rings (SSSR count). The summed E-state index contributed by atoms with van der Waals surface area (Å²) in [4.78, 5) is 10.2. The van der Waals surface area contributed by atoms with Crippen LogP contribution in [0.15, 0.2) is 18.2 Å². The smallest absolute Gasteiger partial charge is 0.305 e. The van der Waals surface area contributed by atoms with E-state index < -0.39 is 11.8 Å². The van der Waals surface area contributed by atoms with Crippen molar-refractivity contribution in [2.45, 2.75) is 6.42 Å². The predicted molar refractivity (Wildman–Crippen MR) is 52.2 cm³/mol. The number of carboxylic acids is 1. The molecule has 0 amide bonds. The Labute approximate surface area is 85.5 Å². The van der Waals surface area contributed by atoms with Crippen molar-refractivity contribution >= 4 is 23.3 Å². The molecule has 0 saturated heterocycles. The second-order valence-electron chi connectivity index (χ2n) is 2.69. The van der Waals surface area contributed by atoms with Gasteiger partial charge in [-0.15, -0.1) is 0 Å². The van der Waals surface area contributed by atoms with Crippen LogP contribution in [-0.4, -0.2) is 17.6 Å². The Kier molecular flexibility index (Phi) is 3.71. The predicted octanol–water partition coefficient (Wildman–Crippen LogP) is 2.37. The van der Waals surface area contributed by atoms with Crippen LogP contribution in [0.25, 0.3) is 0 Å². The van der Waals surface area contributed by atoms with Gasteiger partial charge in [-0.1, -0.05) is 11.6 Å². The molecule has 0 aliphatic carbocycles. The Morgan fingerprint density at radius 2 is 2.29 bits per heavy atom. The first-order chi connectivity index (χ1) is 6.59. The molecule has 0 unspecified atom stereocenters. The van der Waals surface area contributed by atoms with Gasteiger partial charge in [0.05, 0.1) is 17.1 Å². The van der Waals surface area contributed by atoms with Crippen LogP contribution >= 0.6 is 11.6 Å². The zero-order chi connectivity index (χ0) is 10.6. The molecule has 2 N–H and O–H groups in total. The molecule has 0 radical (unpaired) electrons. The summed E-state index contributed by atoms with van der Waals surface area (Å²) >= 11 is 5.69. The minimum atomic E-state index is -0.893. The third-order valence-electron chi connectivity index (χ3n) is 1.59. The van der Waals surface area contributed by atoms with Gasteiger partial charge in [0.25, 0.3) is 0 Å². The molecule has 0 fully saturated rings. The lowest BCUT2D eigenvalue weighted by molar-refractivity contribution is -0.136. The lowest BCUT2D eigenvalue weighted by Gasteiger charge is -2.06. The number of carbonyl (C=O) groups is 1. The number of aliphatic carboxylic acids is 1. The third kappa shape index (κ3) is 3.22. The molecule has 0 aromatic heterocycles. The van der Waals surface area contributed by atoms with Crippen LogP contribution in [0, 0.1) is 5.82 Å². The second-order valence-corrected chi connectivity index (χ2v) is 3.10.